The second kappa shape index (κ2) is 6.71. The first-order valence-corrected chi connectivity index (χ1v) is 8.64. The van der Waals surface area contributed by atoms with Gasteiger partial charge in [-0.15, -0.1) is 0 Å². The maximum Gasteiger partial charge on any atom is 0.326 e. The Bertz CT molecular complexity index is 669. The standard InChI is InChI=1S/C18H22F2N2O3/c1-2-14(16(23)24)22-15(11-7-12(19)9-13(20)8-11)10-21-18(17(22)25)5-3-4-6-18/h7-9,14-15,21H,2-6,10H2,1H3,(H,23,24). The molecule has 25 heavy (non-hydrogen) atoms. The van der Waals surface area contributed by atoms with Crippen LogP contribution in [-0.4, -0.2) is 40.0 Å². The van der Waals surface area contributed by atoms with E-state index in [1.807, 2.05) is 0 Å². The Labute approximate surface area is 145 Å². The van der Waals surface area contributed by atoms with E-state index in [1.165, 1.54) is 4.90 Å². The summed E-state index contributed by atoms with van der Waals surface area (Å²) in [4.78, 5) is 26.3. The van der Waals surface area contributed by atoms with E-state index >= 15 is 0 Å². The van der Waals surface area contributed by atoms with Crippen LogP contribution in [0.15, 0.2) is 18.2 Å². The fraction of sp³-hybridized carbons (Fsp3) is 0.556. The lowest BCUT2D eigenvalue weighted by Crippen LogP contribution is -2.66. The minimum absolute atomic E-state index is 0.228. The Balaban J connectivity index is 2.04. The molecule has 7 heteroatoms. The highest BCUT2D eigenvalue weighted by molar-refractivity contribution is 5.91. The minimum atomic E-state index is -1.10. The number of benzene rings is 1. The van der Waals surface area contributed by atoms with Gasteiger partial charge in [-0.2, -0.15) is 0 Å². The van der Waals surface area contributed by atoms with Crippen LogP contribution in [0, 0.1) is 11.6 Å². The first-order chi connectivity index (χ1) is 11.9. The molecule has 1 saturated carbocycles. The number of nitrogens with zero attached hydrogens (tertiary/aromatic N) is 1. The quantitative estimate of drug-likeness (QED) is 0.874. The molecular weight excluding hydrogens is 330 g/mol. The van der Waals surface area contributed by atoms with Gasteiger partial charge in [-0.05, 0) is 37.0 Å². The van der Waals surface area contributed by atoms with Crippen molar-refractivity contribution in [2.75, 3.05) is 6.54 Å². The molecule has 5 nitrogen and oxygen atoms in total. The zero-order valence-electron chi connectivity index (χ0n) is 14.1. The van der Waals surface area contributed by atoms with E-state index < -0.39 is 35.2 Å². The normalized spacial score (nSPS) is 23.9. The van der Waals surface area contributed by atoms with Gasteiger partial charge in [0.15, 0.2) is 0 Å². The fourth-order valence-corrected chi connectivity index (χ4v) is 4.12. The molecule has 2 atom stereocenters. The van der Waals surface area contributed by atoms with Crippen LogP contribution in [0.25, 0.3) is 0 Å². The van der Waals surface area contributed by atoms with Gasteiger partial charge in [0.1, 0.15) is 17.7 Å². The Hall–Kier alpha value is -2.02. The molecule has 1 aromatic carbocycles. The average molecular weight is 352 g/mol. The number of carbonyl (C=O) groups is 2. The molecular formula is C18H22F2N2O3. The summed E-state index contributed by atoms with van der Waals surface area (Å²) in [7, 11) is 0. The van der Waals surface area contributed by atoms with E-state index in [2.05, 4.69) is 5.32 Å². The van der Waals surface area contributed by atoms with Gasteiger partial charge < -0.3 is 15.3 Å². The fourth-order valence-electron chi connectivity index (χ4n) is 4.12. The first kappa shape index (κ1) is 17.8. The van der Waals surface area contributed by atoms with Crippen molar-refractivity contribution in [3.63, 3.8) is 0 Å². The predicted molar refractivity (Wildman–Crippen MR) is 86.9 cm³/mol. The van der Waals surface area contributed by atoms with E-state index in [0.29, 0.717) is 12.8 Å². The highest BCUT2D eigenvalue weighted by Crippen LogP contribution is 2.39. The van der Waals surface area contributed by atoms with Crippen molar-refractivity contribution >= 4 is 11.9 Å². The van der Waals surface area contributed by atoms with Gasteiger partial charge in [-0.1, -0.05) is 19.8 Å². The smallest absolute Gasteiger partial charge is 0.326 e. The molecule has 2 unspecified atom stereocenters. The highest BCUT2D eigenvalue weighted by atomic mass is 19.1. The van der Waals surface area contributed by atoms with Crippen molar-refractivity contribution in [2.45, 2.75) is 56.7 Å². The summed E-state index contributed by atoms with van der Waals surface area (Å²) < 4.78 is 27.3. The number of piperazine rings is 1. The minimum Gasteiger partial charge on any atom is -0.480 e. The summed E-state index contributed by atoms with van der Waals surface area (Å²) in [5.74, 6) is -2.87. The van der Waals surface area contributed by atoms with Crippen LogP contribution < -0.4 is 5.32 Å². The molecule has 0 aromatic heterocycles. The average Bonchev–Trinajstić information content (AvgIpc) is 3.01. The molecule has 1 aromatic rings. The van der Waals surface area contributed by atoms with Crippen molar-refractivity contribution in [3.8, 4) is 0 Å². The van der Waals surface area contributed by atoms with Crippen LogP contribution in [0.2, 0.25) is 0 Å². The monoisotopic (exact) mass is 352 g/mol. The number of hydrogen-bond acceptors (Lipinski definition) is 3. The van der Waals surface area contributed by atoms with Gasteiger partial charge in [0.05, 0.1) is 11.6 Å². The number of amides is 1. The van der Waals surface area contributed by atoms with Gasteiger partial charge >= 0.3 is 5.97 Å². The number of carboxylic acids is 1. The number of rotatable bonds is 4. The summed E-state index contributed by atoms with van der Waals surface area (Å²) in [5, 5.41) is 12.8. The van der Waals surface area contributed by atoms with Crippen LogP contribution in [-0.2, 0) is 9.59 Å². The number of nitrogens with one attached hydrogen (secondary N) is 1. The summed E-state index contributed by atoms with van der Waals surface area (Å²) in [5.41, 5.74) is -0.475. The third kappa shape index (κ3) is 3.13. The van der Waals surface area contributed by atoms with Crippen LogP contribution >= 0.6 is 0 Å². The first-order valence-electron chi connectivity index (χ1n) is 8.64. The van der Waals surface area contributed by atoms with Crippen molar-refractivity contribution in [1.29, 1.82) is 0 Å². The highest BCUT2D eigenvalue weighted by Gasteiger charge is 2.51. The van der Waals surface area contributed by atoms with Gasteiger partial charge in [-0.3, -0.25) is 4.79 Å². The molecule has 2 N–H and O–H groups in total. The van der Waals surface area contributed by atoms with Crippen molar-refractivity contribution in [2.24, 2.45) is 0 Å². The van der Waals surface area contributed by atoms with E-state index in [0.717, 1.165) is 31.0 Å². The maximum absolute atomic E-state index is 13.7. The Morgan fingerprint density at radius 1 is 1.32 bits per heavy atom. The van der Waals surface area contributed by atoms with Crippen molar-refractivity contribution in [3.05, 3.63) is 35.4 Å². The Morgan fingerprint density at radius 2 is 1.92 bits per heavy atom. The third-order valence-electron chi connectivity index (χ3n) is 5.35. The summed E-state index contributed by atoms with van der Waals surface area (Å²) in [6.07, 6.45) is 3.34. The molecule has 0 radical (unpaired) electrons. The lowest BCUT2D eigenvalue weighted by molar-refractivity contribution is -0.159. The topological polar surface area (TPSA) is 69.6 Å². The van der Waals surface area contributed by atoms with Crippen molar-refractivity contribution in [1.82, 2.24) is 10.2 Å². The van der Waals surface area contributed by atoms with Crippen LogP contribution in [0.1, 0.15) is 50.6 Å². The molecule has 136 valence electrons. The van der Waals surface area contributed by atoms with Crippen molar-refractivity contribution < 1.29 is 23.5 Å². The molecule has 1 aliphatic heterocycles. The summed E-state index contributed by atoms with van der Waals surface area (Å²) in [6, 6.07) is 1.35. The van der Waals surface area contributed by atoms with Crippen LogP contribution in [0.4, 0.5) is 8.78 Å². The summed E-state index contributed by atoms with van der Waals surface area (Å²) >= 11 is 0. The number of carboxylic acid groups (broad SMARTS) is 1. The lowest BCUT2D eigenvalue weighted by Gasteiger charge is -2.47. The largest absolute Gasteiger partial charge is 0.480 e. The predicted octanol–water partition coefficient (Wildman–Crippen LogP) is 2.61. The molecule has 2 fully saturated rings. The molecule has 0 bridgehead atoms. The molecule has 1 amide bonds. The second-order valence-electron chi connectivity index (χ2n) is 6.86. The number of aliphatic carboxylic acids is 1. The van der Waals surface area contributed by atoms with Gasteiger partial charge in [-0.25, -0.2) is 13.6 Å². The maximum atomic E-state index is 13.7. The van der Waals surface area contributed by atoms with E-state index in [9.17, 15) is 23.5 Å². The van der Waals surface area contributed by atoms with E-state index in [-0.39, 0.29) is 24.4 Å². The Morgan fingerprint density at radius 3 is 2.44 bits per heavy atom. The number of hydrogen-bond donors (Lipinski definition) is 2. The number of halogens is 2. The zero-order chi connectivity index (χ0) is 18.2. The van der Waals surface area contributed by atoms with E-state index in [4.69, 9.17) is 0 Å². The zero-order valence-corrected chi connectivity index (χ0v) is 14.1. The SMILES string of the molecule is CCC(C(=O)O)N1C(=O)C2(CCCC2)NCC1c1cc(F)cc(F)c1. The molecule has 3 rings (SSSR count). The van der Waals surface area contributed by atoms with Gasteiger partial charge in [0.2, 0.25) is 5.91 Å². The summed E-state index contributed by atoms with van der Waals surface area (Å²) in [6.45, 7) is 1.97. The van der Waals surface area contributed by atoms with Gasteiger partial charge in [0.25, 0.3) is 0 Å². The Kier molecular flexibility index (Phi) is 4.77. The molecule has 1 spiro atoms. The van der Waals surface area contributed by atoms with Crippen LogP contribution in [0.5, 0.6) is 0 Å². The number of carbonyl (C=O) groups excluding carboxylic acids is 1. The van der Waals surface area contributed by atoms with Gasteiger partial charge in [0, 0.05) is 12.6 Å². The molecule has 1 heterocycles. The third-order valence-corrected chi connectivity index (χ3v) is 5.35. The molecule has 2 aliphatic rings. The lowest BCUT2D eigenvalue weighted by atomic mass is 9.87. The van der Waals surface area contributed by atoms with E-state index in [1.54, 1.807) is 6.92 Å². The second-order valence-corrected chi connectivity index (χ2v) is 6.86. The van der Waals surface area contributed by atoms with Crippen LogP contribution in [0.3, 0.4) is 0 Å². The molecule has 1 saturated heterocycles. The molecule has 1 aliphatic carbocycles.